The van der Waals surface area contributed by atoms with E-state index in [-0.39, 0.29) is 12.5 Å². The summed E-state index contributed by atoms with van der Waals surface area (Å²) in [4.78, 5) is 13.0. The van der Waals surface area contributed by atoms with Gasteiger partial charge in [-0.2, -0.15) is 0 Å². The van der Waals surface area contributed by atoms with E-state index in [4.69, 9.17) is 9.47 Å². The van der Waals surface area contributed by atoms with Gasteiger partial charge in [-0.05, 0) is 19.8 Å². The molecule has 0 aromatic rings. The Bertz CT molecular complexity index is 910. The minimum Gasteiger partial charge on any atom is -0.390 e. The van der Waals surface area contributed by atoms with Crippen LogP contribution in [0.15, 0.2) is 0 Å². The molecule has 3 unspecified atom stereocenters. The third-order valence-corrected chi connectivity index (χ3v) is 12.8. The van der Waals surface area contributed by atoms with E-state index in [0.717, 1.165) is 38.5 Å². The van der Waals surface area contributed by atoms with E-state index in [0.29, 0.717) is 12.8 Å². The molecule has 0 radical (unpaired) electrons. The van der Waals surface area contributed by atoms with E-state index in [1.54, 1.807) is 6.92 Å². The summed E-state index contributed by atoms with van der Waals surface area (Å²) in [5.41, 5.74) is 0. The third kappa shape index (κ3) is 30.8. The number of hydrogen-bond donors (Lipinski definition) is 6. The lowest BCUT2D eigenvalue weighted by molar-refractivity contribution is -0.295. The Kier molecular flexibility index (Phi) is 38.1. The largest absolute Gasteiger partial charge is 0.390 e. The van der Waals surface area contributed by atoms with Gasteiger partial charge in [0, 0.05) is 6.42 Å². The van der Waals surface area contributed by atoms with E-state index in [1.807, 2.05) is 0 Å². The zero-order chi connectivity index (χ0) is 43.2. The predicted molar refractivity (Wildman–Crippen MR) is 244 cm³/mol. The first kappa shape index (κ1) is 56.2. The highest BCUT2D eigenvalue weighted by molar-refractivity contribution is 5.76. The van der Waals surface area contributed by atoms with Gasteiger partial charge in [-0.1, -0.05) is 232 Å². The molecule has 1 fully saturated rings. The number of nitrogens with one attached hydrogen (secondary N) is 1. The number of carbonyl (C=O) groups excluding carboxylic acids is 1. The molecule has 8 atom stereocenters. The van der Waals surface area contributed by atoms with Crippen molar-refractivity contribution >= 4 is 5.91 Å². The van der Waals surface area contributed by atoms with E-state index in [2.05, 4.69) is 19.2 Å². The van der Waals surface area contributed by atoms with Crippen molar-refractivity contribution in [2.24, 2.45) is 0 Å². The lowest BCUT2D eigenvalue weighted by Gasteiger charge is -2.39. The Morgan fingerprint density at radius 1 is 0.508 bits per heavy atom. The lowest BCUT2D eigenvalue weighted by Crippen LogP contribution is -2.58. The van der Waals surface area contributed by atoms with Crippen LogP contribution in [0.4, 0.5) is 0 Å². The highest BCUT2D eigenvalue weighted by Crippen LogP contribution is 2.23. The molecule has 59 heavy (non-hydrogen) atoms. The third-order valence-electron chi connectivity index (χ3n) is 12.8. The number of aliphatic hydroxyl groups excluding tert-OH is 5. The summed E-state index contributed by atoms with van der Waals surface area (Å²) in [5.74, 6) is -0.215. The number of rotatable bonds is 43. The average Bonchev–Trinajstić information content (AvgIpc) is 3.23. The molecule has 1 amide bonds. The van der Waals surface area contributed by atoms with Gasteiger partial charge in [-0.25, -0.2) is 0 Å². The zero-order valence-electron chi connectivity index (χ0n) is 38.9. The van der Waals surface area contributed by atoms with Crippen molar-refractivity contribution in [2.75, 3.05) is 6.61 Å². The summed E-state index contributed by atoms with van der Waals surface area (Å²) in [6, 6.07) is -0.922. The highest BCUT2D eigenvalue weighted by Gasteiger charge is 2.43. The molecule has 1 saturated heterocycles. The molecule has 1 heterocycles. The highest BCUT2D eigenvalue weighted by atomic mass is 16.7. The van der Waals surface area contributed by atoms with Crippen LogP contribution in [0.5, 0.6) is 0 Å². The molecule has 352 valence electrons. The van der Waals surface area contributed by atoms with Crippen LogP contribution in [0.25, 0.3) is 0 Å². The number of aliphatic hydroxyl groups is 5. The van der Waals surface area contributed by atoms with Crippen molar-refractivity contribution in [3.8, 4) is 0 Å². The summed E-state index contributed by atoms with van der Waals surface area (Å²) >= 11 is 0. The van der Waals surface area contributed by atoms with Crippen molar-refractivity contribution in [3.63, 3.8) is 0 Å². The van der Waals surface area contributed by atoms with Crippen LogP contribution in [-0.4, -0.2) is 87.0 Å². The lowest BCUT2D eigenvalue weighted by atomic mass is 9.98. The first-order chi connectivity index (χ1) is 28.7. The fourth-order valence-electron chi connectivity index (χ4n) is 8.56. The van der Waals surface area contributed by atoms with Gasteiger partial charge in [-0.3, -0.25) is 4.79 Å². The molecule has 0 aliphatic carbocycles. The minimum absolute atomic E-state index is 0.215. The monoisotopic (exact) mass is 842 g/mol. The van der Waals surface area contributed by atoms with Gasteiger partial charge in [0.15, 0.2) is 6.29 Å². The first-order valence-corrected chi connectivity index (χ1v) is 25.7. The van der Waals surface area contributed by atoms with Gasteiger partial charge in [0.2, 0.25) is 5.91 Å². The summed E-state index contributed by atoms with van der Waals surface area (Å²) in [7, 11) is 0. The van der Waals surface area contributed by atoms with E-state index in [9.17, 15) is 30.3 Å². The van der Waals surface area contributed by atoms with Crippen LogP contribution in [0.1, 0.15) is 258 Å². The normalized spacial score (nSPS) is 21.1. The van der Waals surface area contributed by atoms with Crippen molar-refractivity contribution < 1.29 is 39.8 Å². The second-order valence-corrected chi connectivity index (χ2v) is 18.5. The van der Waals surface area contributed by atoms with Gasteiger partial charge < -0.3 is 40.3 Å². The quantitative estimate of drug-likeness (QED) is 0.0332. The van der Waals surface area contributed by atoms with Crippen LogP contribution in [0, 0.1) is 0 Å². The maximum atomic E-state index is 13.0. The van der Waals surface area contributed by atoms with E-state index in [1.165, 1.54) is 186 Å². The Morgan fingerprint density at radius 3 is 1.22 bits per heavy atom. The van der Waals surface area contributed by atoms with Gasteiger partial charge >= 0.3 is 0 Å². The molecule has 0 spiro atoms. The Labute approximate surface area is 364 Å². The predicted octanol–water partition coefficient (Wildman–Crippen LogP) is 11.5. The molecule has 0 bridgehead atoms. The number of hydrogen-bond acceptors (Lipinski definition) is 8. The summed E-state index contributed by atoms with van der Waals surface area (Å²) in [5, 5.41) is 55.7. The molecule has 0 aromatic heterocycles. The molecule has 1 aliphatic rings. The fourth-order valence-corrected chi connectivity index (χ4v) is 8.56. The SMILES string of the molecule is CCCCCCCCCCCCCCCCCCCCCCCCCC(=O)N[C@@H](COC1OC(C)[C@@H](O)[C@H](O)C1O)[C@H](O)[C@H](O)CCCCCCCCCCCCCC. The average molecular weight is 842 g/mol. The van der Waals surface area contributed by atoms with Crippen molar-refractivity contribution in [1.82, 2.24) is 5.32 Å². The number of ether oxygens (including phenoxy) is 2. The molecule has 9 nitrogen and oxygen atoms in total. The topological polar surface area (TPSA) is 149 Å². The number of carbonyl (C=O) groups is 1. The van der Waals surface area contributed by atoms with Crippen LogP contribution < -0.4 is 5.32 Å². The molecule has 1 rings (SSSR count). The smallest absolute Gasteiger partial charge is 0.220 e. The van der Waals surface area contributed by atoms with Gasteiger partial charge in [0.05, 0.1) is 24.9 Å². The molecule has 6 N–H and O–H groups in total. The standard InChI is InChI=1S/C50H99NO8/c1-4-6-8-10-12-14-16-18-19-20-21-22-23-24-25-26-27-28-30-32-34-36-38-40-45(53)51-43(41-58-50-49(57)48(56)46(54)42(3)59-50)47(55)44(52)39-37-35-33-31-29-17-15-13-11-9-7-5-2/h42-44,46-50,52,54-57H,4-41H2,1-3H3,(H,51,53)/t42?,43-,44+,46+,47-,48-,49?,50?/m0/s1. The maximum Gasteiger partial charge on any atom is 0.220 e. The van der Waals surface area contributed by atoms with Gasteiger partial charge in [0.25, 0.3) is 0 Å². The van der Waals surface area contributed by atoms with E-state index >= 15 is 0 Å². The Balaban J connectivity index is 2.23. The maximum absolute atomic E-state index is 13.0. The molecule has 1 aliphatic heterocycles. The summed E-state index contributed by atoms with van der Waals surface area (Å²) < 4.78 is 11.3. The van der Waals surface area contributed by atoms with Crippen molar-refractivity contribution in [1.29, 1.82) is 0 Å². The second kappa shape index (κ2) is 40.0. The van der Waals surface area contributed by atoms with Gasteiger partial charge in [-0.15, -0.1) is 0 Å². The Hall–Kier alpha value is -0.810. The van der Waals surface area contributed by atoms with E-state index < -0.39 is 49.0 Å². The van der Waals surface area contributed by atoms with Crippen molar-refractivity contribution in [2.45, 2.75) is 307 Å². The van der Waals surface area contributed by atoms with Crippen LogP contribution in [-0.2, 0) is 14.3 Å². The fraction of sp³-hybridized carbons (Fsp3) is 0.980. The Morgan fingerprint density at radius 2 is 0.847 bits per heavy atom. The molecular weight excluding hydrogens is 743 g/mol. The molecule has 0 saturated carbocycles. The minimum atomic E-state index is -1.49. The molecular formula is C50H99NO8. The summed E-state index contributed by atoms with van der Waals surface area (Å²) in [6.07, 6.45) is 37.1. The van der Waals surface area contributed by atoms with Crippen LogP contribution >= 0.6 is 0 Å². The first-order valence-electron chi connectivity index (χ1n) is 25.7. The second-order valence-electron chi connectivity index (χ2n) is 18.5. The van der Waals surface area contributed by atoms with Crippen LogP contribution in [0.2, 0.25) is 0 Å². The molecule has 0 aromatic carbocycles. The number of unbranched alkanes of at least 4 members (excludes halogenated alkanes) is 33. The zero-order valence-corrected chi connectivity index (χ0v) is 38.9. The molecule has 9 heteroatoms. The summed E-state index contributed by atoms with van der Waals surface area (Å²) in [6.45, 7) is 5.88. The van der Waals surface area contributed by atoms with Crippen molar-refractivity contribution in [3.05, 3.63) is 0 Å². The van der Waals surface area contributed by atoms with Gasteiger partial charge in [0.1, 0.15) is 24.4 Å². The number of amides is 1. The van der Waals surface area contributed by atoms with Crippen LogP contribution in [0.3, 0.4) is 0 Å².